The third-order valence-corrected chi connectivity index (χ3v) is 5.19. The quantitative estimate of drug-likeness (QED) is 0.730. The van der Waals surface area contributed by atoms with E-state index in [9.17, 15) is 5.11 Å². The third kappa shape index (κ3) is 5.20. The van der Waals surface area contributed by atoms with Crippen LogP contribution in [0.15, 0.2) is 0 Å². The molecule has 1 aliphatic carbocycles. The zero-order chi connectivity index (χ0) is 15.1. The number of ether oxygens (including phenoxy) is 1. The van der Waals surface area contributed by atoms with E-state index in [1.807, 2.05) is 0 Å². The SMILES string of the molecule is CCOCCN1CCN(CC2(O)CCCCC2)CC1CC. The molecule has 0 radical (unpaired) electrons. The van der Waals surface area contributed by atoms with Crippen molar-refractivity contribution < 1.29 is 9.84 Å². The molecule has 0 aromatic heterocycles. The van der Waals surface area contributed by atoms with E-state index < -0.39 is 5.60 Å². The molecule has 0 aromatic rings. The average molecular weight is 298 g/mol. The predicted molar refractivity (Wildman–Crippen MR) is 86.6 cm³/mol. The first-order chi connectivity index (χ1) is 10.2. The van der Waals surface area contributed by atoms with E-state index >= 15 is 0 Å². The number of aliphatic hydroxyl groups is 1. The zero-order valence-electron chi connectivity index (χ0n) is 14.0. The molecule has 1 atom stereocenters. The minimum Gasteiger partial charge on any atom is -0.389 e. The summed E-state index contributed by atoms with van der Waals surface area (Å²) in [7, 11) is 0. The summed E-state index contributed by atoms with van der Waals surface area (Å²) in [4.78, 5) is 5.06. The van der Waals surface area contributed by atoms with Gasteiger partial charge in [-0.1, -0.05) is 26.2 Å². The molecule has 2 fully saturated rings. The highest BCUT2D eigenvalue weighted by Crippen LogP contribution is 2.29. The Morgan fingerprint density at radius 3 is 2.57 bits per heavy atom. The van der Waals surface area contributed by atoms with Gasteiger partial charge in [-0.15, -0.1) is 0 Å². The van der Waals surface area contributed by atoms with Crippen molar-refractivity contribution in [3.8, 4) is 0 Å². The summed E-state index contributed by atoms with van der Waals surface area (Å²) < 4.78 is 5.50. The molecular formula is C17H34N2O2. The van der Waals surface area contributed by atoms with Crippen LogP contribution in [0.3, 0.4) is 0 Å². The summed E-state index contributed by atoms with van der Waals surface area (Å²) in [6.45, 7) is 11.2. The van der Waals surface area contributed by atoms with Gasteiger partial charge in [0.1, 0.15) is 0 Å². The van der Waals surface area contributed by atoms with Crippen molar-refractivity contribution in [1.82, 2.24) is 9.80 Å². The Morgan fingerprint density at radius 1 is 1.14 bits per heavy atom. The molecule has 1 unspecified atom stereocenters. The minimum absolute atomic E-state index is 0.413. The van der Waals surface area contributed by atoms with Crippen LogP contribution in [0.2, 0.25) is 0 Å². The van der Waals surface area contributed by atoms with Crippen molar-refractivity contribution in [2.45, 2.75) is 64.0 Å². The Labute approximate surface area is 130 Å². The summed E-state index contributed by atoms with van der Waals surface area (Å²) in [6.07, 6.45) is 6.86. The monoisotopic (exact) mass is 298 g/mol. The second-order valence-electron chi connectivity index (χ2n) is 6.82. The number of piperazine rings is 1. The van der Waals surface area contributed by atoms with Gasteiger partial charge in [-0.25, -0.2) is 0 Å². The molecule has 124 valence electrons. The van der Waals surface area contributed by atoms with Gasteiger partial charge in [-0.3, -0.25) is 9.80 Å². The Morgan fingerprint density at radius 2 is 1.90 bits per heavy atom. The van der Waals surface area contributed by atoms with Gasteiger partial charge in [0.15, 0.2) is 0 Å². The van der Waals surface area contributed by atoms with Crippen LogP contribution in [0.1, 0.15) is 52.4 Å². The average Bonchev–Trinajstić information content (AvgIpc) is 2.49. The van der Waals surface area contributed by atoms with Crippen LogP contribution in [0.4, 0.5) is 0 Å². The van der Waals surface area contributed by atoms with E-state index in [0.717, 1.165) is 58.8 Å². The predicted octanol–water partition coefficient (Wildman–Crippen LogP) is 2.11. The number of β-amino-alcohol motifs (C(OH)–C–C–N with tert-alkyl or cyclic N) is 1. The Hall–Kier alpha value is -0.160. The van der Waals surface area contributed by atoms with Gasteiger partial charge < -0.3 is 9.84 Å². The maximum Gasteiger partial charge on any atom is 0.0774 e. The lowest BCUT2D eigenvalue weighted by Gasteiger charge is -2.44. The number of nitrogens with zero attached hydrogens (tertiary/aromatic N) is 2. The highest BCUT2D eigenvalue weighted by Gasteiger charge is 2.34. The largest absolute Gasteiger partial charge is 0.389 e. The summed E-state index contributed by atoms with van der Waals surface area (Å²) in [5.41, 5.74) is -0.413. The smallest absolute Gasteiger partial charge is 0.0774 e. The zero-order valence-corrected chi connectivity index (χ0v) is 14.0. The van der Waals surface area contributed by atoms with Crippen LogP contribution >= 0.6 is 0 Å². The van der Waals surface area contributed by atoms with E-state index in [4.69, 9.17) is 4.74 Å². The Balaban J connectivity index is 1.79. The molecule has 0 bridgehead atoms. The molecule has 0 amide bonds. The van der Waals surface area contributed by atoms with E-state index in [1.165, 1.54) is 25.7 Å². The molecule has 0 spiro atoms. The second kappa shape index (κ2) is 8.47. The van der Waals surface area contributed by atoms with E-state index in [-0.39, 0.29) is 0 Å². The summed E-state index contributed by atoms with van der Waals surface area (Å²) in [6, 6.07) is 0.617. The standard InChI is InChI=1S/C17H34N2O2/c1-3-16-14-18(10-11-19(16)12-13-21-4-2)15-17(20)8-6-5-7-9-17/h16,20H,3-15H2,1-2H3. The lowest BCUT2D eigenvalue weighted by atomic mass is 9.84. The van der Waals surface area contributed by atoms with Crippen LogP contribution in [0.5, 0.6) is 0 Å². The minimum atomic E-state index is -0.413. The number of hydrogen-bond donors (Lipinski definition) is 1. The first-order valence-corrected chi connectivity index (χ1v) is 8.93. The van der Waals surface area contributed by atoms with Gasteiger partial charge in [0.05, 0.1) is 12.2 Å². The molecule has 1 saturated carbocycles. The van der Waals surface area contributed by atoms with E-state index in [2.05, 4.69) is 23.6 Å². The number of rotatable bonds is 7. The molecule has 1 N–H and O–H groups in total. The molecule has 0 aromatic carbocycles. The van der Waals surface area contributed by atoms with Gasteiger partial charge in [0, 0.05) is 45.4 Å². The van der Waals surface area contributed by atoms with Crippen LogP contribution in [0, 0.1) is 0 Å². The molecular weight excluding hydrogens is 264 g/mol. The fourth-order valence-corrected chi connectivity index (χ4v) is 3.89. The van der Waals surface area contributed by atoms with Gasteiger partial charge >= 0.3 is 0 Å². The lowest BCUT2D eigenvalue weighted by molar-refractivity contribution is -0.0465. The first kappa shape index (κ1) is 17.2. The maximum atomic E-state index is 10.7. The second-order valence-corrected chi connectivity index (χ2v) is 6.82. The Kier molecular flexibility index (Phi) is 6.93. The van der Waals surface area contributed by atoms with Crippen molar-refractivity contribution >= 4 is 0 Å². The van der Waals surface area contributed by atoms with Gasteiger partial charge in [0.25, 0.3) is 0 Å². The molecule has 2 rings (SSSR count). The molecule has 21 heavy (non-hydrogen) atoms. The van der Waals surface area contributed by atoms with Crippen LogP contribution in [-0.4, -0.2) is 72.5 Å². The molecule has 1 heterocycles. The lowest BCUT2D eigenvalue weighted by Crippen LogP contribution is -2.57. The fourth-order valence-electron chi connectivity index (χ4n) is 3.89. The van der Waals surface area contributed by atoms with Gasteiger partial charge in [-0.2, -0.15) is 0 Å². The summed E-state index contributed by atoms with van der Waals surface area (Å²) in [5.74, 6) is 0. The molecule has 4 heteroatoms. The normalized spacial score (nSPS) is 27.9. The maximum absolute atomic E-state index is 10.7. The van der Waals surface area contributed by atoms with Crippen molar-refractivity contribution in [2.75, 3.05) is 45.9 Å². The summed E-state index contributed by atoms with van der Waals surface area (Å²) >= 11 is 0. The number of hydrogen-bond acceptors (Lipinski definition) is 4. The highest BCUT2D eigenvalue weighted by atomic mass is 16.5. The fraction of sp³-hybridized carbons (Fsp3) is 1.00. The van der Waals surface area contributed by atoms with E-state index in [0.29, 0.717) is 6.04 Å². The topological polar surface area (TPSA) is 35.9 Å². The van der Waals surface area contributed by atoms with Crippen molar-refractivity contribution in [1.29, 1.82) is 0 Å². The Bertz CT molecular complexity index is 293. The summed E-state index contributed by atoms with van der Waals surface area (Å²) in [5, 5.41) is 10.7. The molecule has 4 nitrogen and oxygen atoms in total. The van der Waals surface area contributed by atoms with Crippen LogP contribution in [-0.2, 0) is 4.74 Å². The van der Waals surface area contributed by atoms with Gasteiger partial charge in [0.2, 0.25) is 0 Å². The molecule has 1 aliphatic heterocycles. The van der Waals surface area contributed by atoms with E-state index in [1.54, 1.807) is 0 Å². The molecule has 2 aliphatic rings. The highest BCUT2D eigenvalue weighted by molar-refractivity contribution is 4.89. The first-order valence-electron chi connectivity index (χ1n) is 8.93. The third-order valence-electron chi connectivity index (χ3n) is 5.19. The molecule has 1 saturated heterocycles. The van der Waals surface area contributed by atoms with Crippen molar-refractivity contribution in [3.63, 3.8) is 0 Å². The van der Waals surface area contributed by atoms with Gasteiger partial charge in [-0.05, 0) is 26.2 Å². The van der Waals surface area contributed by atoms with Crippen molar-refractivity contribution in [2.24, 2.45) is 0 Å². The van der Waals surface area contributed by atoms with Crippen LogP contribution in [0.25, 0.3) is 0 Å². The van der Waals surface area contributed by atoms with Crippen molar-refractivity contribution in [3.05, 3.63) is 0 Å². The van der Waals surface area contributed by atoms with Crippen LogP contribution < -0.4 is 0 Å².